The second kappa shape index (κ2) is 4.56. The number of hydrogen-bond donors (Lipinski definition) is 0. The third-order valence-electron chi connectivity index (χ3n) is 7.09. The molecule has 4 aliphatic rings. The van der Waals surface area contributed by atoms with Crippen LogP contribution in [-0.2, 0) is 0 Å². The van der Waals surface area contributed by atoms with Crippen molar-refractivity contribution < 1.29 is 0 Å². The van der Waals surface area contributed by atoms with Gasteiger partial charge in [-0.25, -0.2) is 0 Å². The molecule has 0 aromatic rings. The van der Waals surface area contributed by atoms with Crippen molar-refractivity contribution >= 4 is 7.28 Å². The Balaban J connectivity index is 1.61. The standard InChI is InChI=1S/C17H30B/c1-11-7-5-6-8-15(11)18-16-10-13-9-14(12(16)2)17(13,3)4/h11-16H,5-10H2,1-4H3/t11?,12-,13-,14+,15?,16?/m1/s1. The Morgan fingerprint density at radius 1 is 0.944 bits per heavy atom. The molecule has 4 rings (SSSR count). The van der Waals surface area contributed by atoms with Gasteiger partial charge in [-0.3, -0.25) is 0 Å². The average Bonchev–Trinajstić information content (AvgIpc) is 2.33. The second-order valence-corrected chi connectivity index (χ2v) is 8.24. The molecular formula is C17H30B. The van der Waals surface area contributed by atoms with Crippen LogP contribution in [0.2, 0.25) is 11.6 Å². The van der Waals surface area contributed by atoms with Crippen molar-refractivity contribution in [3.05, 3.63) is 0 Å². The molecule has 0 aliphatic heterocycles. The van der Waals surface area contributed by atoms with Crippen molar-refractivity contribution in [2.45, 2.75) is 77.9 Å². The highest BCUT2D eigenvalue weighted by molar-refractivity contribution is 6.40. The van der Waals surface area contributed by atoms with Gasteiger partial charge in [0.05, 0.1) is 0 Å². The molecule has 6 atom stereocenters. The van der Waals surface area contributed by atoms with E-state index >= 15 is 0 Å². The van der Waals surface area contributed by atoms with E-state index in [2.05, 4.69) is 35.0 Å². The topological polar surface area (TPSA) is 0 Å². The summed E-state index contributed by atoms with van der Waals surface area (Å²) < 4.78 is 0. The highest BCUT2D eigenvalue weighted by Gasteiger charge is 2.56. The van der Waals surface area contributed by atoms with Crippen molar-refractivity contribution in [1.29, 1.82) is 0 Å². The molecule has 4 fully saturated rings. The molecular weight excluding hydrogens is 215 g/mol. The summed E-state index contributed by atoms with van der Waals surface area (Å²) in [4.78, 5) is 0. The lowest BCUT2D eigenvalue weighted by molar-refractivity contribution is -0.0988. The largest absolute Gasteiger partial charge is 0.118 e. The Kier molecular flexibility index (Phi) is 3.31. The third-order valence-corrected chi connectivity index (χ3v) is 7.09. The van der Waals surface area contributed by atoms with Crippen molar-refractivity contribution in [1.82, 2.24) is 0 Å². The zero-order chi connectivity index (χ0) is 12.9. The first-order valence-electron chi connectivity index (χ1n) is 8.35. The van der Waals surface area contributed by atoms with Gasteiger partial charge in [0.25, 0.3) is 0 Å². The van der Waals surface area contributed by atoms with Crippen molar-refractivity contribution in [3.63, 3.8) is 0 Å². The lowest BCUT2D eigenvalue weighted by atomic mass is 9.34. The third kappa shape index (κ3) is 1.97. The smallest absolute Gasteiger partial charge is 0.0660 e. The number of fused-ring (bicyclic) bond motifs is 2. The van der Waals surface area contributed by atoms with E-state index in [-0.39, 0.29) is 0 Å². The second-order valence-electron chi connectivity index (χ2n) is 8.24. The molecule has 1 radical (unpaired) electrons. The zero-order valence-electron chi connectivity index (χ0n) is 12.8. The molecule has 0 amide bonds. The normalized spacial score (nSPS) is 50.4. The fourth-order valence-corrected chi connectivity index (χ4v) is 5.39. The van der Waals surface area contributed by atoms with Crippen LogP contribution in [0.5, 0.6) is 0 Å². The van der Waals surface area contributed by atoms with Crippen LogP contribution in [0, 0.1) is 29.1 Å². The van der Waals surface area contributed by atoms with Crippen molar-refractivity contribution in [2.75, 3.05) is 0 Å². The molecule has 0 aromatic heterocycles. The molecule has 2 bridgehead atoms. The Morgan fingerprint density at radius 3 is 2.28 bits per heavy atom. The van der Waals surface area contributed by atoms with Gasteiger partial charge in [-0.05, 0) is 35.5 Å². The maximum Gasteiger partial charge on any atom is 0.118 e. The van der Waals surface area contributed by atoms with Crippen LogP contribution in [0.3, 0.4) is 0 Å². The molecule has 3 unspecified atom stereocenters. The molecule has 101 valence electrons. The quantitative estimate of drug-likeness (QED) is 0.588. The van der Waals surface area contributed by atoms with E-state index in [1.165, 1.54) is 38.5 Å². The van der Waals surface area contributed by atoms with Gasteiger partial charge in [0.1, 0.15) is 7.28 Å². The van der Waals surface area contributed by atoms with E-state index in [1.54, 1.807) is 0 Å². The fourth-order valence-electron chi connectivity index (χ4n) is 5.39. The van der Waals surface area contributed by atoms with Gasteiger partial charge < -0.3 is 0 Å². The predicted octanol–water partition coefficient (Wildman–Crippen LogP) is 5.18. The molecule has 0 nitrogen and oxygen atoms in total. The fraction of sp³-hybridized carbons (Fsp3) is 1.00. The molecule has 0 N–H and O–H groups in total. The van der Waals surface area contributed by atoms with Crippen LogP contribution in [-0.4, -0.2) is 7.28 Å². The highest BCUT2D eigenvalue weighted by atomic mass is 14.6. The zero-order valence-corrected chi connectivity index (χ0v) is 12.8. The van der Waals surface area contributed by atoms with Gasteiger partial charge >= 0.3 is 0 Å². The molecule has 4 aliphatic carbocycles. The molecule has 0 aromatic carbocycles. The monoisotopic (exact) mass is 245 g/mol. The van der Waals surface area contributed by atoms with E-state index in [0.29, 0.717) is 5.41 Å². The minimum absolute atomic E-state index is 0.655. The molecule has 1 heteroatoms. The van der Waals surface area contributed by atoms with Crippen molar-refractivity contribution in [3.8, 4) is 0 Å². The first-order valence-corrected chi connectivity index (χ1v) is 8.35. The van der Waals surface area contributed by atoms with Crippen LogP contribution < -0.4 is 0 Å². The number of hydrogen-bond acceptors (Lipinski definition) is 0. The minimum Gasteiger partial charge on any atom is -0.0660 e. The van der Waals surface area contributed by atoms with Crippen molar-refractivity contribution in [2.24, 2.45) is 29.1 Å². The van der Waals surface area contributed by atoms with Gasteiger partial charge in [-0.15, -0.1) is 0 Å². The SMILES string of the molecule is CC1CCCCC1[B]C1C[C@H]2C[C@@H]([C@H]1C)C2(C)C. The van der Waals surface area contributed by atoms with Crippen LogP contribution in [0.25, 0.3) is 0 Å². The summed E-state index contributed by atoms with van der Waals surface area (Å²) in [6.07, 6.45) is 8.92. The van der Waals surface area contributed by atoms with Gasteiger partial charge in [0.15, 0.2) is 0 Å². The molecule has 4 saturated carbocycles. The Morgan fingerprint density at radius 2 is 1.67 bits per heavy atom. The minimum atomic E-state index is 0.655. The molecule has 0 heterocycles. The highest BCUT2D eigenvalue weighted by Crippen LogP contribution is 2.65. The van der Waals surface area contributed by atoms with E-state index in [0.717, 1.165) is 35.3 Å². The summed E-state index contributed by atoms with van der Waals surface area (Å²) in [5.41, 5.74) is 0.655. The van der Waals surface area contributed by atoms with E-state index in [1.807, 2.05) is 0 Å². The van der Waals surface area contributed by atoms with Crippen LogP contribution >= 0.6 is 0 Å². The van der Waals surface area contributed by atoms with Crippen LogP contribution in [0.1, 0.15) is 66.2 Å². The van der Waals surface area contributed by atoms with Gasteiger partial charge in [0.2, 0.25) is 0 Å². The summed E-state index contributed by atoms with van der Waals surface area (Å²) >= 11 is 0. The summed E-state index contributed by atoms with van der Waals surface area (Å²) in [7, 11) is 2.81. The summed E-state index contributed by atoms with van der Waals surface area (Å²) in [5, 5.41) is 0. The average molecular weight is 245 g/mol. The van der Waals surface area contributed by atoms with Gasteiger partial charge in [0, 0.05) is 0 Å². The maximum absolute atomic E-state index is 2.81. The Bertz CT molecular complexity index is 309. The first kappa shape index (κ1) is 13.1. The Labute approximate surface area is 115 Å². The van der Waals surface area contributed by atoms with E-state index in [4.69, 9.17) is 0 Å². The van der Waals surface area contributed by atoms with E-state index in [9.17, 15) is 0 Å². The summed E-state index contributed by atoms with van der Waals surface area (Å²) in [6.45, 7) is 10.1. The van der Waals surface area contributed by atoms with Gasteiger partial charge in [-0.1, -0.05) is 71.4 Å². The van der Waals surface area contributed by atoms with E-state index < -0.39 is 0 Å². The Hall–Kier alpha value is 0.0649. The molecule has 0 saturated heterocycles. The maximum atomic E-state index is 2.81. The summed E-state index contributed by atoms with van der Waals surface area (Å²) in [6, 6.07) is 0. The summed E-state index contributed by atoms with van der Waals surface area (Å²) in [5.74, 6) is 5.81. The number of rotatable bonds is 2. The molecule has 0 spiro atoms. The lowest BCUT2D eigenvalue weighted by Gasteiger charge is -2.62. The predicted molar refractivity (Wildman–Crippen MR) is 80.0 cm³/mol. The van der Waals surface area contributed by atoms with Crippen LogP contribution in [0.4, 0.5) is 0 Å². The van der Waals surface area contributed by atoms with Gasteiger partial charge in [-0.2, -0.15) is 0 Å². The lowest BCUT2D eigenvalue weighted by Crippen LogP contribution is -2.54. The van der Waals surface area contributed by atoms with Crippen LogP contribution in [0.15, 0.2) is 0 Å². The first-order chi connectivity index (χ1) is 8.50. The molecule has 18 heavy (non-hydrogen) atoms.